The monoisotopic (exact) mass is 225 g/mol. The molecule has 0 saturated heterocycles. The lowest BCUT2D eigenvalue weighted by molar-refractivity contribution is 0.0841. The van der Waals surface area contributed by atoms with E-state index in [0.717, 1.165) is 19.3 Å². The maximum Gasteiger partial charge on any atom is 0.210 e. The minimum Gasteiger partial charge on any atom is -0.448 e. The Kier molecular flexibility index (Phi) is 5.78. The molecule has 4 heteroatoms. The van der Waals surface area contributed by atoms with Crippen molar-refractivity contribution < 1.29 is 13.9 Å². The number of hydrogen-bond donors (Lipinski definition) is 0. The zero-order valence-corrected chi connectivity index (χ0v) is 9.99. The number of oxazole rings is 1. The summed E-state index contributed by atoms with van der Waals surface area (Å²) in [5.41, 5.74) is 0.429. The molecule has 0 aliphatic rings. The molecule has 1 aromatic rings. The Morgan fingerprint density at radius 2 is 2.25 bits per heavy atom. The summed E-state index contributed by atoms with van der Waals surface area (Å²) in [5, 5.41) is 0. The van der Waals surface area contributed by atoms with Crippen molar-refractivity contribution >= 4 is 5.78 Å². The molecule has 0 aromatic carbocycles. The Hall–Kier alpha value is -1.16. The third-order valence-corrected chi connectivity index (χ3v) is 2.44. The van der Waals surface area contributed by atoms with Gasteiger partial charge in [-0.1, -0.05) is 26.2 Å². The zero-order chi connectivity index (χ0) is 11.8. The van der Waals surface area contributed by atoms with E-state index in [-0.39, 0.29) is 12.4 Å². The van der Waals surface area contributed by atoms with Gasteiger partial charge in [-0.3, -0.25) is 4.79 Å². The van der Waals surface area contributed by atoms with Crippen LogP contribution in [0.25, 0.3) is 0 Å². The second-order valence-corrected chi connectivity index (χ2v) is 3.79. The molecule has 1 rings (SSSR count). The number of rotatable bonds is 8. The normalized spacial score (nSPS) is 10.6. The molecule has 0 spiro atoms. The Bertz CT molecular complexity index is 320. The summed E-state index contributed by atoms with van der Waals surface area (Å²) in [5.74, 6) is 0.583. The van der Waals surface area contributed by atoms with Crippen molar-refractivity contribution in [3.05, 3.63) is 17.8 Å². The number of methoxy groups -OCH3 is 1. The fraction of sp³-hybridized carbons (Fsp3) is 0.667. The van der Waals surface area contributed by atoms with Crippen molar-refractivity contribution in [1.82, 2.24) is 4.98 Å². The van der Waals surface area contributed by atoms with Gasteiger partial charge in [-0.15, -0.1) is 0 Å². The summed E-state index contributed by atoms with van der Waals surface area (Å²) in [7, 11) is 1.50. The van der Waals surface area contributed by atoms with Gasteiger partial charge in [0, 0.05) is 13.5 Å². The highest BCUT2D eigenvalue weighted by molar-refractivity contribution is 5.96. The predicted molar refractivity (Wildman–Crippen MR) is 60.6 cm³/mol. The number of nitrogens with zero attached hydrogens (tertiary/aromatic N) is 1. The molecule has 90 valence electrons. The third kappa shape index (κ3) is 3.77. The number of aryl methyl sites for hydroxylation is 1. The van der Waals surface area contributed by atoms with Gasteiger partial charge in [-0.25, -0.2) is 4.98 Å². The highest BCUT2D eigenvalue weighted by Crippen LogP contribution is 2.12. The maximum atomic E-state index is 11.6. The van der Waals surface area contributed by atoms with Crippen molar-refractivity contribution in [3.8, 4) is 0 Å². The molecule has 0 bridgehead atoms. The molecule has 0 fully saturated rings. The fourth-order valence-electron chi connectivity index (χ4n) is 1.59. The lowest BCUT2D eigenvalue weighted by atomic mass is 10.1. The van der Waals surface area contributed by atoms with Crippen LogP contribution in [0.4, 0.5) is 0 Å². The number of ether oxygens (including phenoxy) is 1. The molecule has 0 amide bonds. The summed E-state index contributed by atoms with van der Waals surface area (Å²) in [4.78, 5) is 15.5. The number of carbonyl (C=O) groups is 1. The SMILES string of the molecule is CCCCCCc1ocnc1C(=O)COC. The first-order valence-electron chi connectivity index (χ1n) is 5.74. The quantitative estimate of drug-likeness (QED) is 0.504. The van der Waals surface area contributed by atoms with Gasteiger partial charge in [0.2, 0.25) is 5.78 Å². The fourth-order valence-corrected chi connectivity index (χ4v) is 1.59. The van der Waals surface area contributed by atoms with Gasteiger partial charge < -0.3 is 9.15 Å². The van der Waals surface area contributed by atoms with Gasteiger partial charge in [0.1, 0.15) is 12.4 Å². The van der Waals surface area contributed by atoms with Crippen molar-refractivity contribution in [2.24, 2.45) is 0 Å². The smallest absolute Gasteiger partial charge is 0.210 e. The van der Waals surface area contributed by atoms with E-state index in [1.165, 1.54) is 26.3 Å². The van der Waals surface area contributed by atoms with E-state index >= 15 is 0 Å². The molecule has 0 unspecified atom stereocenters. The van der Waals surface area contributed by atoms with Crippen molar-refractivity contribution in [1.29, 1.82) is 0 Å². The van der Waals surface area contributed by atoms with Gasteiger partial charge in [0.05, 0.1) is 0 Å². The number of hydrogen-bond acceptors (Lipinski definition) is 4. The van der Waals surface area contributed by atoms with E-state index in [1.54, 1.807) is 0 Å². The lowest BCUT2D eigenvalue weighted by Gasteiger charge is -2.00. The number of unbranched alkanes of at least 4 members (excludes halogenated alkanes) is 3. The molecule has 0 aliphatic carbocycles. The van der Waals surface area contributed by atoms with E-state index in [2.05, 4.69) is 11.9 Å². The van der Waals surface area contributed by atoms with Crippen LogP contribution >= 0.6 is 0 Å². The van der Waals surface area contributed by atoms with Gasteiger partial charge in [-0.05, 0) is 6.42 Å². The van der Waals surface area contributed by atoms with Crippen LogP contribution in [-0.4, -0.2) is 24.5 Å². The Morgan fingerprint density at radius 3 is 2.94 bits per heavy atom. The maximum absolute atomic E-state index is 11.6. The topological polar surface area (TPSA) is 52.3 Å². The van der Waals surface area contributed by atoms with Crippen LogP contribution < -0.4 is 0 Å². The van der Waals surface area contributed by atoms with Crippen molar-refractivity contribution in [2.75, 3.05) is 13.7 Å². The first-order chi connectivity index (χ1) is 7.79. The molecule has 1 heterocycles. The molecular weight excluding hydrogens is 206 g/mol. The highest BCUT2D eigenvalue weighted by Gasteiger charge is 2.15. The van der Waals surface area contributed by atoms with E-state index in [0.29, 0.717) is 11.5 Å². The predicted octanol–water partition coefficient (Wildman–Crippen LogP) is 2.63. The second-order valence-electron chi connectivity index (χ2n) is 3.79. The van der Waals surface area contributed by atoms with Gasteiger partial charge >= 0.3 is 0 Å². The van der Waals surface area contributed by atoms with Gasteiger partial charge in [0.25, 0.3) is 0 Å². The van der Waals surface area contributed by atoms with Crippen LogP contribution in [0.5, 0.6) is 0 Å². The zero-order valence-electron chi connectivity index (χ0n) is 9.99. The molecule has 0 aliphatic heterocycles. The summed E-state index contributed by atoms with van der Waals surface area (Å²) >= 11 is 0. The Labute approximate surface area is 96.0 Å². The average Bonchev–Trinajstić information content (AvgIpc) is 2.73. The summed E-state index contributed by atoms with van der Waals surface area (Å²) in [6, 6.07) is 0. The summed E-state index contributed by atoms with van der Waals surface area (Å²) in [6.45, 7) is 2.23. The summed E-state index contributed by atoms with van der Waals surface area (Å²) in [6.07, 6.45) is 6.73. The molecule has 4 nitrogen and oxygen atoms in total. The standard InChI is InChI=1S/C12H19NO3/c1-3-4-5-6-7-11-12(13-9-16-11)10(14)8-15-2/h9H,3-8H2,1-2H3. The number of ketones is 1. The van der Waals surface area contributed by atoms with Crippen LogP contribution in [0.15, 0.2) is 10.8 Å². The Morgan fingerprint density at radius 1 is 1.44 bits per heavy atom. The second kappa shape index (κ2) is 7.17. The van der Waals surface area contributed by atoms with Gasteiger partial charge in [0.15, 0.2) is 12.1 Å². The van der Waals surface area contributed by atoms with Gasteiger partial charge in [-0.2, -0.15) is 0 Å². The molecule has 0 atom stereocenters. The van der Waals surface area contributed by atoms with Crippen LogP contribution in [-0.2, 0) is 11.2 Å². The first-order valence-corrected chi connectivity index (χ1v) is 5.74. The van der Waals surface area contributed by atoms with Crippen molar-refractivity contribution in [2.45, 2.75) is 39.0 Å². The molecule has 0 radical (unpaired) electrons. The third-order valence-electron chi connectivity index (χ3n) is 2.44. The molecular formula is C12H19NO3. The van der Waals surface area contributed by atoms with E-state index < -0.39 is 0 Å². The minimum absolute atomic E-state index is 0.0640. The van der Waals surface area contributed by atoms with Crippen LogP contribution in [0, 0.1) is 0 Å². The largest absolute Gasteiger partial charge is 0.448 e. The van der Waals surface area contributed by atoms with Crippen LogP contribution in [0.3, 0.4) is 0 Å². The van der Waals surface area contributed by atoms with Crippen molar-refractivity contribution in [3.63, 3.8) is 0 Å². The average molecular weight is 225 g/mol. The molecule has 1 aromatic heterocycles. The lowest BCUT2D eigenvalue weighted by Crippen LogP contribution is -2.09. The number of Topliss-reactive ketones (excluding diaryl/α,β-unsaturated/α-hetero) is 1. The Balaban J connectivity index is 2.47. The highest BCUT2D eigenvalue weighted by atomic mass is 16.5. The first kappa shape index (κ1) is 12.9. The molecule has 16 heavy (non-hydrogen) atoms. The molecule has 0 saturated carbocycles. The minimum atomic E-state index is -0.109. The van der Waals surface area contributed by atoms with E-state index in [4.69, 9.17) is 9.15 Å². The van der Waals surface area contributed by atoms with E-state index in [1.807, 2.05) is 0 Å². The summed E-state index contributed by atoms with van der Waals surface area (Å²) < 4.78 is 10.0. The van der Waals surface area contributed by atoms with Crippen LogP contribution in [0.1, 0.15) is 48.9 Å². The number of aromatic nitrogens is 1. The number of carbonyl (C=O) groups excluding carboxylic acids is 1. The van der Waals surface area contributed by atoms with Crippen LogP contribution in [0.2, 0.25) is 0 Å². The molecule has 0 N–H and O–H groups in total. The van der Waals surface area contributed by atoms with E-state index in [9.17, 15) is 4.79 Å².